The number of aryl methyl sites for hydroxylation is 1. The van der Waals surface area contributed by atoms with Crippen LogP contribution >= 0.6 is 24.0 Å². The maximum atomic E-state index is 13.5. The fourth-order valence-corrected chi connectivity index (χ4v) is 5.14. The summed E-state index contributed by atoms with van der Waals surface area (Å²) in [7, 11) is 0. The standard InChI is InChI=1S/C30H26N4O4S2/c1-19-11-16-25(34(37)38)18-27(19)33-29(36)28(22-7-4-3-5-8-22)40-26-10-6-9-24(17-26)32-30(39)31-23-14-12-21(13-15-23)20(2)35/h3-18,28H,1-2H3,(H,33,36)(H2,31,32,39). The molecule has 1 unspecified atom stereocenters. The van der Waals surface area contributed by atoms with Gasteiger partial charge in [-0.1, -0.05) is 42.5 Å². The Morgan fingerprint density at radius 3 is 2.23 bits per heavy atom. The summed E-state index contributed by atoms with van der Waals surface area (Å²) in [4.78, 5) is 36.6. The normalized spacial score (nSPS) is 11.2. The van der Waals surface area contributed by atoms with Crippen molar-refractivity contribution < 1.29 is 14.5 Å². The zero-order valence-electron chi connectivity index (χ0n) is 21.7. The predicted octanol–water partition coefficient (Wildman–Crippen LogP) is 7.39. The van der Waals surface area contributed by atoms with Crippen molar-refractivity contribution in [1.82, 2.24) is 0 Å². The molecule has 3 N–H and O–H groups in total. The van der Waals surface area contributed by atoms with Crippen LogP contribution in [0.2, 0.25) is 0 Å². The number of nitro benzene ring substituents is 1. The highest BCUT2D eigenvalue weighted by Crippen LogP contribution is 2.37. The minimum absolute atomic E-state index is 0.00993. The van der Waals surface area contributed by atoms with Gasteiger partial charge in [0.1, 0.15) is 5.25 Å². The summed E-state index contributed by atoms with van der Waals surface area (Å²) in [6, 6.07) is 28.3. The second kappa shape index (κ2) is 13.0. The third-order valence-corrected chi connectivity index (χ3v) is 7.38. The molecule has 0 radical (unpaired) electrons. The smallest absolute Gasteiger partial charge is 0.271 e. The van der Waals surface area contributed by atoms with Crippen molar-refractivity contribution in [2.45, 2.75) is 24.0 Å². The number of amides is 1. The average Bonchev–Trinajstić information content (AvgIpc) is 2.93. The molecule has 1 atom stereocenters. The molecule has 0 aliphatic heterocycles. The maximum Gasteiger partial charge on any atom is 0.271 e. The Morgan fingerprint density at radius 2 is 1.55 bits per heavy atom. The molecule has 0 bridgehead atoms. The molecule has 0 aliphatic carbocycles. The van der Waals surface area contributed by atoms with Gasteiger partial charge in [-0.05, 0) is 79.7 Å². The Hall–Kier alpha value is -4.54. The monoisotopic (exact) mass is 570 g/mol. The summed E-state index contributed by atoms with van der Waals surface area (Å²) >= 11 is 6.81. The number of nitrogens with zero attached hydrogens (tertiary/aromatic N) is 1. The molecule has 0 spiro atoms. The predicted molar refractivity (Wildman–Crippen MR) is 164 cm³/mol. The van der Waals surface area contributed by atoms with Crippen LogP contribution in [-0.2, 0) is 4.79 Å². The molecule has 202 valence electrons. The molecule has 8 nitrogen and oxygen atoms in total. The number of rotatable bonds is 9. The summed E-state index contributed by atoms with van der Waals surface area (Å²) in [5.74, 6) is -0.311. The van der Waals surface area contributed by atoms with Gasteiger partial charge in [-0.15, -0.1) is 11.8 Å². The lowest BCUT2D eigenvalue weighted by molar-refractivity contribution is -0.384. The molecular formula is C30H26N4O4S2. The number of ketones is 1. The zero-order valence-corrected chi connectivity index (χ0v) is 23.3. The van der Waals surface area contributed by atoms with Crippen LogP contribution < -0.4 is 16.0 Å². The fourth-order valence-electron chi connectivity index (χ4n) is 3.82. The lowest BCUT2D eigenvalue weighted by atomic mass is 10.1. The van der Waals surface area contributed by atoms with Crippen LogP contribution in [0.1, 0.15) is 33.7 Å². The van der Waals surface area contributed by atoms with Gasteiger partial charge in [0.15, 0.2) is 10.9 Å². The number of non-ortho nitro benzene ring substituents is 1. The molecule has 4 aromatic carbocycles. The van der Waals surface area contributed by atoms with Crippen LogP contribution in [-0.4, -0.2) is 21.7 Å². The average molecular weight is 571 g/mol. The largest absolute Gasteiger partial charge is 0.332 e. The summed E-state index contributed by atoms with van der Waals surface area (Å²) in [5, 5.41) is 20.1. The van der Waals surface area contributed by atoms with Gasteiger partial charge in [0.05, 0.1) is 10.6 Å². The van der Waals surface area contributed by atoms with E-state index in [9.17, 15) is 19.7 Å². The van der Waals surface area contributed by atoms with E-state index in [-0.39, 0.29) is 17.4 Å². The number of Topliss-reactive ketones (excluding diaryl/α,β-unsaturated/α-hetero) is 1. The van der Waals surface area contributed by atoms with Crippen molar-refractivity contribution in [3.8, 4) is 0 Å². The van der Waals surface area contributed by atoms with E-state index in [0.717, 1.165) is 27.4 Å². The number of anilines is 3. The number of thiocarbonyl (C=S) groups is 1. The third-order valence-electron chi connectivity index (χ3n) is 5.93. The first-order valence-corrected chi connectivity index (χ1v) is 13.5. The molecule has 0 heterocycles. The summed E-state index contributed by atoms with van der Waals surface area (Å²) in [6.45, 7) is 3.30. The Labute approximate surface area is 241 Å². The zero-order chi connectivity index (χ0) is 28.6. The number of nitro groups is 1. The quantitative estimate of drug-likeness (QED) is 0.0628. The first kappa shape index (κ1) is 28.5. The van der Waals surface area contributed by atoms with Gasteiger partial charge in [-0.3, -0.25) is 19.7 Å². The number of hydrogen-bond acceptors (Lipinski definition) is 6. The van der Waals surface area contributed by atoms with Crippen molar-refractivity contribution in [3.05, 3.63) is 124 Å². The number of carbonyl (C=O) groups is 2. The van der Waals surface area contributed by atoms with E-state index in [0.29, 0.717) is 16.4 Å². The maximum absolute atomic E-state index is 13.5. The number of benzene rings is 4. The molecule has 0 saturated heterocycles. The van der Waals surface area contributed by atoms with Crippen molar-refractivity contribution in [2.24, 2.45) is 0 Å². The van der Waals surface area contributed by atoms with Crippen LogP contribution in [0.5, 0.6) is 0 Å². The molecule has 1 amide bonds. The van der Waals surface area contributed by atoms with Gasteiger partial charge in [-0.2, -0.15) is 0 Å². The van der Waals surface area contributed by atoms with Gasteiger partial charge in [0.2, 0.25) is 5.91 Å². The minimum atomic E-state index is -0.625. The highest BCUT2D eigenvalue weighted by Gasteiger charge is 2.23. The van der Waals surface area contributed by atoms with Gasteiger partial charge in [0.25, 0.3) is 5.69 Å². The summed E-state index contributed by atoms with van der Waals surface area (Å²) in [5.41, 5.74) is 3.89. The van der Waals surface area contributed by atoms with Crippen LogP contribution in [0.15, 0.2) is 102 Å². The Morgan fingerprint density at radius 1 is 0.850 bits per heavy atom. The Bertz CT molecular complexity index is 1560. The van der Waals surface area contributed by atoms with Crippen molar-refractivity contribution >= 4 is 63.5 Å². The van der Waals surface area contributed by atoms with E-state index in [1.807, 2.05) is 54.6 Å². The molecule has 4 aromatic rings. The number of nitrogens with one attached hydrogen (secondary N) is 3. The van der Waals surface area contributed by atoms with Crippen molar-refractivity contribution in [1.29, 1.82) is 0 Å². The minimum Gasteiger partial charge on any atom is -0.332 e. The highest BCUT2D eigenvalue weighted by atomic mass is 32.2. The number of hydrogen-bond donors (Lipinski definition) is 3. The topological polar surface area (TPSA) is 113 Å². The molecule has 10 heteroatoms. The molecular weight excluding hydrogens is 544 g/mol. The van der Waals surface area contributed by atoms with Crippen LogP contribution in [0, 0.1) is 17.0 Å². The second-order valence-electron chi connectivity index (χ2n) is 8.89. The number of thioether (sulfide) groups is 1. The molecule has 4 rings (SSSR count). The molecule has 0 aliphatic rings. The van der Waals surface area contributed by atoms with E-state index in [1.165, 1.54) is 30.8 Å². The fraction of sp³-hybridized carbons (Fsp3) is 0.100. The van der Waals surface area contributed by atoms with Gasteiger partial charge >= 0.3 is 0 Å². The molecule has 40 heavy (non-hydrogen) atoms. The summed E-state index contributed by atoms with van der Waals surface area (Å²) < 4.78 is 0. The highest BCUT2D eigenvalue weighted by molar-refractivity contribution is 8.00. The van der Waals surface area contributed by atoms with Gasteiger partial charge in [-0.25, -0.2) is 0 Å². The van der Waals surface area contributed by atoms with Gasteiger partial charge < -0.3 is 16.0 Å². The summed E-state index contributed by atoms with van der Waals surface area (Å²) in [6.07, 6.45) is 0. The van der Waals surface area contributed by atoms with Crippen LogP contribution in [0.3, 0.4) is 0 Å². The molecule has 0 fully saturated rings. The first-order valence-electron chi connectivity index (χ1n) is 12.3. The Kier molecular flexibility index (Phi) is 9.26. The lowest BCUT2D eigenvalue weighted by Crippen LogP contribution is -2.20. The van der Waals surface area contributed by atoms with E-state index in [2.05, 4.69) is 16.0 Å². The van der Waals surface area contributed by atoms with Crippen molar-refractivity contribution in [2.75, 3.05) is 16.0 Å². The molecule has 0 aromatic heterocycles. The van der Waals surface area contributed by atoms with E-state index < -0.39 is 10.2 Å². The molecule has 0 saturated carbocycles. The lowest BCUT2D eigenvalue weighted by Gasteiger charge is -2.18. The van der Waals surface area contributed by atoms with Crippen molar-refractivity contribution in [3.63, 3.8) is 0 Å². The third kappa shape index (κ3) is 7.52. The van der Waals surface area contributed by atoms with Gasteiger partial charge in [0, 0.05) is 34.0 Å². The van der Waals surface area contributed by atoms with E-state index in [1.54, 1.807) is 37.3 Å². The second-order valence-corrected chi connectivity index (χ2v) is 10.5. The SMILES string of the molecule is CC(=O)c1ccc(NC(=S)Nc2cccc(SC(C(=O)Nc3cc([N+](=O)[O-])ccc3C)c3ccccc3)c2)cc1. The first-order chi connectivity index (χ1) is 19.2. The Balaban J connectivity index is 1.50. The van der Waals surface area contributed by atoms with E-state index >= 15 is 0 Å². The van der Waals surface area contributed by atoms with Crippen LogP contribution in [0.25, 0.3) is 0 Å². The van der Waals surface area contributed by atoms with E-state index in [4.69, 9.17) is 12.2 Å². The number of carbonyl (C=O) groups excluding carboxylic acids is 2. The van der Waals surface area contributed by atoms with Crippen LogP contribution in [0.4, 0.5) is 22.7 Å².